The van der Waals surface area contributed by atoms with Crippen LogP contribution in [0.15, 0.2) is 29.6 Å². The molecule has 0 amide bonds. The number of aryl methyl sites for hydroxylation is 1. The number of hydrogen-bond donors (Lipinski definition) is 0. The standard InChI is InChI=1S/C16H11F3N6OS/c1-9-8-27-15(21-9)12(6-20)13(26)7-25-23-14(22-24-25)10-3-2-4-11(5-10)16(17,18)19/h2-5,8,12H,7H2,1H3/t12-/m0/s1. The minimum Gasteiger partial charge on any atom is -0.296 e. The molecular formula is C16H11F3N6OS. The number of Topliss-reactive ketones (excluding diaryl/α,β-unsaturated/α-hetero) is 1. The Morgan fingerprint density at radius 3 is 2.81 bits per heavy atom. The monoisotopic (exact) mass is 392 g/mol. The molecule has 0 unspecified atom stereocenters. The van der Waals surface area contributed by atoms with Gasteiger partial charge in [-0.2, -0.15) is 23.2 Å². The number of ketones is 1. The maximum Gasteiger partial charge on any atom is 0.416 e. The Morgan fingerprint density at radius 1 is 1.41 bits per heavy atom. The molecule has 1 atom stereocenters. The van der Waals surface area contributed by atoms with Gasteiger partial charge in [0.1, 0.15) is 11.6 Å². The van der Waals surface area contributed by atoms with E-state index in [2.05, 4.69) is 20.4 Å². The zero-order valence-corrected chi connectivity index (χ0v) is 14.6. The van der Waals surface area contributed by atoms with Crippen LogP contribution >= 0.6 is 11.3 Å². The predicted molar refractivity (Wildman–Crippen MR) is 88.5 cm³/mol. The minimum absolute atomic E-state index is 0.0486. The van der Waals surface area contributed by atoms with Gasteiger partial charge in [-0.1, -0.05) is 12.1 Å². The normalized spacial score (nSPS) is 12.6. The zero-order chi connectivity index (χ0) is 19.6. The Morgan fingerprint density at radius 2 is 2.19 bits per heavy atom. The van der Waals surface area contributed by atoms with E-state index in [9.17, 15) is 23.2 Å². The van der Waals surface area contributed by atoms with Crippen molar-refractivity contribution >= 4 is 17.1 Å². The summed E-state index contributed by atoms with van der Waals surface area (Å²) < 4.78 is 38.4. The quantitative estimate of drug-likeness (QED) is 0.662. The average molecular weight is 392 g/mol. The second kappa shape index (κ2) is 7.24. The molecule has 0 bridgehead atoms. The molecule has 2 aromatic heterocycles. The van der Waals surface area contributed by atoms with Gasteiger partial charge in [-0.25, -0.2) is 4.98 Å². The van der Waals surface area contributed by atoms with Crippen molar-refractivity contribution in [2.24, 2.45) is 0 Å². The molecule has 138 valence electrons. The molecule has 27 heavy (non-hydrogen) atoms. The molecule has 3 aromatic rings. The van der Waals surface area contributed by atoms with Crippen LogP contribution in [0.5, 0.6) is 0 Å². The smallest absolute Gasteiger partial charge is 0.296 e. The first-order chi connectivity index (χ1) is 12.8. The summed E-state index contributed by atoms with van der Waals surface area (Å²) in [5.74, 6) is -1.60. The van der Waals surface area contributed by atoms with Crippen LogP contribution in [0.1, 0.15) is 22.2 Å². The van der Waals surface area contributed by atoms with Gasteiger partial charge in [0.2, 0.25) is 5.82 Å². The number of carbonyl (C=O) groups is 1. The third kappa shape index (κ3) is 4.17. The Bertz CT molecular complexity index is 1020. The molecule has 0 saturated heterocycles. The Hall–Kier alpha value is -3.13. The fourth-order valence-electron chi connectivity index (χ4n) is 2.26. The van der Waals surface area contributed by atoms with Gasteiger partial charge in [0, 0.05) is 16.6 Å². The van der Waals surface area contributed by atoms with E-state index in [-0.39, 0.29) is 17.9 Å². The van der Waals surface area contributed by atoms with Gasteiger partial charge in [-0.3, -0.25) is 4.79 Å². The Balaban J connectivity index is 1.78. The van der Waals surface area contributed by atoms with Crippen LogP contribution in [0.4, 0.5) is 13.2 Å². The van der Waals surface area contributed by atoms with E-state index in [0.717, 1.165) is 16.9 Å². The molecule has 1 aromatic carbocycles. The highest BCUT2D eigenvalue weighted by Gasteiger charge is 2.31. The fraction of sp³-hybridized carbons (Fsp3) is 0.250. The first kappa shape index (κ1) is 18.7. The molecule has 2 heterocycles. The van der Waals surface area contributed by atoms with Crippen molar-refractivity contribution in [2.45, 2.75) is 25.6 Å². The highest BCUT2D eigenvalue weighted by atomic mass is 32.1. The van der Waals surface area contributed by atoms with Crippen LogP contribution in [0.2, 0.25) is 0 Å². The zero-order valence-electron chi connectivity index (χ0n) is 13.8. The summed E-state index contributed by atoms with van der Waals surface area (Å²) in [5.41, 5.74) is -0.0132. The predicted octanol–water partition coefficient (Wildman–Crippen LogP) is 3.00. The van der Waals surface area contributed by atoms with Crippen LogP contribution in [0, 0.1) is 18.3 Å². The van der Waals surface area contributed by atoms with Gasteiger partial charge < -0.3 is 0 Å². The number of nitrogens with zero attached hydrogens (tertiary/aromatic N) is 6. The molecule has 3 rings (SSSR count). The van der Waals surface area contributed by atoms with Crippen molar-refractivity contribution in [1.82, 2.24) is 25.2 Å². The number of alkyl halides is 3. The van der Waals surface area contributed by atoms with Gasteiger partial charge in [0.05, 0.1) is 11.6 Å². The number of halogens is 3. The lowest BCUT2D eigenvalue weighted by Crippen LogP contribution is -2.19. The molecule has 7 nitrogen and oxygen atoms in total. The summed E-state index contributed by atoms with van der Waals surface area (Å²) in [7, 11) is 0. The van der Waals surface area contributed by atoms with Crippen molar-refractivity contribution in [3.05, 3.63) is 45.9 Å². The van der Waals surface area contributed by atoms with Crippen LogP contribution < -0.4 is 0 Å². The number of benzene rings is 1. The number of rotatable bonds is 5. The number of tetrazole rings is 1. The van der Waals surface area contributed by atoms with E-state index in [4.69, 9.17) is 0 Å². The van der Waals surface area contributed by atoms with Crippen LogP contribution in [-0.2, 0) is 17.5 Å². The molecule has 0 aliphatic carbocycles. The Kier molecular flexibility index (Phi) is 5.00. The molecule has 11 heteroatoms. The van der Waals surface area contributed by atoms with Gasteiger partial charge in [-0.05, 0) is 24.3 Å². The average Bonchev–Trinajstić information content (AvgIpc) is 3.24. The largest absolute Gasteiger partial charge is 0.416 e. The third-order valence-electron chi connectivity index (χ3n) is 3.53. The number of aromatic nitrogens is 5. The molecule has 0 spiro atoms. The molecule has 0 aliphatic rings. The summed E-state index contributed by atoms with van der Waals surface area (Å²) in [6.45, 7) is 1.40. The summed E-state index contributed by atoms with van der Waals surface area (Å²) in [4.78, 5) is 17.4. The van der Waals surface area contributed by atoms with Gasteiger partial charge >= 0.3 is 6.18 Å². The lowest BCUT2D eigenvalue weighted by molar-refractivity contribution is -0.137. The highest BCUT2D eigenvalue weighted by Crippen LogP contribution is 2.31. The molecule has 0 aliphatic heterocycles. The third-order valence-corrected chi connectivity index (χ3v) is 4.56. The maximum atomic E-state index is 12.8. The molecule has 0 fully saturated rings. The number of carbonyl (C=O) groups excluding carboxylic acids is 1. The first-order valence-corrected chi connectivity index (χ1v) is 8.45. The minimum atomic E-state index is -4.49. The van der Waals surface area contributed by atoms with Crippen molar-refractivity contribution in [1.29, 1.82) is 5.26 Å². The Labute approximate surface area is 155 Å². The number of nitriles is 1. The summed E-state index contributed by atoms with van der Waals surface area (Å²) in [6.07, 6.45) is -4.49. The molecular weight excluding hydrogens is 381 g/mol. The maximum absolute atomic E-state index is 12.8. The van der Waals surface area contributed by atoms with Crippen LogP contribution in [0.3, 0.4) is 0 Å². The van der Waals surface area contributed by atoms with Crippen LogP contribution in [-0.4, -0.2) is 31.0 Å². The molecule has 0 saturated carbocycles. The fourth-order valence-corrected chi connectivity index (χ4v) is 3.12. The number of hydrogen-bond acceptors (Lipinski definition) is 7. The summed E-state index contributed by atoms with van der Waals surface area (Å²) in [5, 5.41) is 22.7. The summed E-state index contributed by atoms with van der Waals surface area (Å²) >= 11 is 1.20. The summed E-state index contributed by atoms with van der Waals surface area (Å²) in [6, 6.07) is 6.38. The molecule has 0 radical (unpaired) electrons. The van der Waals surface area contributed by atoms with Crippen molar-refractivity contribution < 1.29 is 18.0 Å². The van der Waals surface area contributed by atoms with Crippen molar-refractivity contribution in [3.8, 4) is 17.5 Å². The first-order valence-electron chi connectivity index (χ1n) is 7.57. The van der Waals surface area contributed by atoms with Gasteiger partial charge in [-0.15, -0.1) is 21.5 Å². The van der Waals surface area contributed by atoms with Crippen molar-refractivity contribution in [3.63, 3.8) is 0 Å². The second-order valence-electron chi connectivity index (χ2n) is 5.58. The van der Waals surface area contributed by atoms with Gasteiger partial charge in [0.25, 0.3) is 0 Å². The van der Waals surface area contributed by atoms with Gasteiger partial charge in [0.15, 0.2) is 11.7 Å². The van der Waals surface area contributed by atoms with E-state index < -0.39 is 23.4 Å². The van der Waals surface area contributed by atoms with E-state index in [1.807, 2.05) is 6.07 Å². The van der Waals surface area contributed by atoms with E-state index in [1.165, 1.54) is 23.5 Å². The van der Waals surface area contributed by atoms with E-state index >= 15 is 0 Å². The lowest BCUT2D eigenvalue weighted by atomic mass is 10.1. The highest BCUT2D eigenvalue weighted by molar-refractivity contribution is 7.09. The van der Waals surface area contributed by atoms with E-state index in [0.29, 0.717) is 10.7 Å². The number of thiazole rings is 1. The second-order valence-corrected chi connectivity index (χ2v) is 6.47. The SMILES string of the molecule is Cc1csc([C@@H](C#N)C(=O)Cn2nnc(-c3cccc(C(F)(F)F)c3)n2)n1. The molecule has 0 N–H and O–H groups in total. The lowest BCUT2D eigenvalue weighted by Gasteiger charge is -2.06. The van der Waals surface area contributed by atoms with Crippen molar-refractivity contribution in [2.75, 3.05) is 0 Å². The van der Waals surface area contributed by atoms with E-state index in [1.54, 1.807) is 12.3 Å². The topological polar surface area (TPSA) is 97.3 Å². The van der Waals surface area contributed by atoms with Crippen LogP contribution in [0.25, 0.3) is 11.4 Å².